The largest absolute Gasteiger partial charge is 0.464 e. The molecule has 0 aliphatic heterocycles. The monoisotopic (exact) mass is 433 g/mol. The first-order valence-electron chi connectivity index (χ1n) is 12.3. The minimum Gasteiger partial charge on any atom is -0.464 e. The molecule has 5 heteroatoms. The number of unbranched alkanes of at least 4 members (excludes halogenated alkanes) is 8. The van der Waals surface area contributed by atoms with E-state index in [2.05, 4.69) is 18.7 Å². The number of para-hydroxylation sites is 1. The van der Waals surface area contributed by atoms with Crippen molar-refractivity contribution in [3.05, 3.63) is 30.3 Å². The van der Waals surface area contributed by atoms with E-state index in [4.69, 9.17) is 9.47 Å². The number of benzene rings is 1. The summed E-state index contributed by atoms with van der Waals surface area (Å²) >= 11 is 0. The summed E-state index contributed by atoms with van der Waals surface area (Å²) in [6.45, 7) is 6.22. The highest BCUT2D eigenvalue weighted by Gasteiger charge is 2.10. The molecule has 0 aliphatic carbocycles. The van der Waals surface area contributed by atoms with Gasteiger partial charge in [-0.2, -0.15) is 0 Å². The molecule has 0 radical (unpaired) electrons. The van der Waals surface area contributed by atoms with Crippen LogP contribution in [0, 0.1) is 0 Å². The van der Waals surface area contributed by atoms with Gasteiger partial charge < -0.3 is 14.4 Å². The van der Waals surface area contributed by atoms with E-state index in [-0.39, 0.29) is 11.9 Å². The summed E-state index contributed by atoms with van der Waals surface area (Å²) in [5.41, 5.74) is 1.04. The van der Waals surface area contributed by atoms with E-state index < -0.39 is 0 Å². The first-order valence-corrected chi connectivity index (χ1v) is 12.3. The molecular formula is C26H43NO4. The van der Waals surface area contributed by atoms with Gasteiger partial charge in [-0.1, -0.05) is 83.4 Å². The Morgan fingerprint density at radius 2 is 1.13 bits per heavy atom. The molecule has 0 aromatic heterocycles. The number of ether oxygens (including phenoxy) is 2. The Kier molecular flexibility index (Phi) is 16.3. The molecule has 5 nitrogen and oxygen atoms in total. The normalized spacial score (nSPS) is 10.6. The summed E-state index contributed by atoms with van der Waals surface area (Å²) in [5, 5.41) is 0. The van der Waals surface area contributed by atoms with Gasteiger partial charge in [0.1, 0.15) is 13.2 Å². The van der Waals surface area contributed by atoms with Crippen molar-refractivity contribution in [3.63, 3.8) is 0 Å². The standard InChI is InChI=1S/C26H43NO4/c1-3-5-7-9-14-18-25(28)30-22-20-27(24-16-12-11-13-17-24)21-23-31-26(29)19-15-10-8-6-4-2/h11-13,16-17H,3-10,14-15,18-23H2,1-2H3. The molecular weight excluding hydrogens is 390 g/mol. The molecule has 0 saturated heterocycles. The molecule has 1 aromatic rings. The molecule has 0 bridgehead atoms. The van der Waals surface area contributed by atoms with Gasteiger partial charge in [-0.05, 0) is 25.0 Å². The van der Waals surface area contributed by atoms with Crippen LogP contribution in [0.15, 0.2) is 30.3 Å². The van der Waals surface area contributed by atoms with Crippen LogP contribution < -0.4 is 4.90 Å². The van der Waals surface area contributed by atoms with E-state index in [1.54, 1.807) is 0 Å². The van der Waals surface area contributed by atoms with Gasteiger partial charge in [-0.3, -0.25) is 9.59 Å². The molecule has 0 amide bonds. The lowest BCUT2D eigenvalue weighted by atomic mass is 10.1. The summed E-state index contributed by atoms with van der Waals surface area (Å²) in [6.07, 6.45) is 12.2. The van der Waals surface area contributed by atoms with Gasteiger partial charge >= 0.3 is 11.9 Å². The van der Waals surface area contributed by atoms with Crippen LogP contribution >= 0.6 is 0 Å². The maximum absolute atomic E-state index is 12.0. The fourth-order valence-electron chi connectivity index (χ4n) is 3.44. The highest BCUT2D eigenvalue weighted by Crippen LogP contribution is 2.13. The number of anilines is 1. The summed E-state index contributed by atoms with van der Waals surface area (Å²) in [4.78, 5) is 26.0. The Hall–Kier alpha value is -2.04. The van der Waals surface area contributed by atoms with Crippen LogP contribution in [0.3, 0.4) is 0 Å². The van der Waals surface area contributed by atoms with Crippen molar-refractivity contribution in [2.24, 2.45) is 0 Å². The fraction of sp³-hybridized carbons (Fsp3) is 0.692. The summed E-state index contributed by atoms with van der Waals surface area (Å²) < 4.78 is 10.8. The predicted octanol–water partition coefficient (Wildman–Crippen LogP) is 6.30. The van der Waals surface area contributed by atoms with Crippen LogP contribution in [0.2, 0.25) is 0 Å². The minimum atomic E-state index is -0.126. The van der Waals surface area contributed by atoms with Crippen molar-refractivity contribution in [3.8, 4) is 0 Å². The lowest BCUT2D eigenvalue weighted by Crippen LogP contribution is -2.32. The van der Waals surface area contributed by atoms with Crippen molar-refractivity contribution in [2.45, 2.75) is 90.9 Å². The Morgan fingerprint density at radius 1 is 0.677 bits per heavy atom. The van der Waals surface area contributed by atoms with Gasteiger partial charge in [0.05, 0.1) is 13.1 Å². The maximum atomic E-state index is 12.0. The van der Waals surface area contributed by atoms with Gasteiger partial charge in [0.15, 0.2) is 0 Å². The van der Waals surface area contributed by atoms with E-state index in [0.717, 1.165) is 31.4 Å². The van der Waals surface area contributed by atoms with Crippen LogP contribution in [0.5, 0.6) is 0 Å². The number of rotatable bonds is 19. The Morgan fingerprint density at radius 3 is 1.58 bits per heavy atom. The van der Waals surface area contributed by atoms with Crippen LogP contribution in [0.1, 0.15) is 90.9 Å². The van der Waals surface area contributed by atoms with Crippen molar-refractivity contribution in [2.75, 3.05) is 31.2 Å². The quantitative estimate of drug-likeness (QED) is 0.189. The molecule has 0 N–H and O–H groups in total. The molecule has 0 atom stereocenters. The third kappa shape index (κ3) is 14.6. The molecule has 1 aromatic carbocycles. The zero-order valence-corrected chi connectivity index (χ0v) is 19.8. The third-order valence-electron chi connectivity index (χ3n) is 5.34. The predicted molar refractivity (Wildman–Crippen MR) is 127 cm³/mol. The second-order valence-electron chi connectivity index (χ2n) is 8.09. The minimum absolute atomic E-state index is 0.126. The molecule has 0 unspecified atom stereocenters. The highest BCUT2D eigenvalue weighted by molar-refractivity contribution is 5.69. The summed E-state index contributed by atoms with van der Waals surface area (Å²) in [7, 11) is 0. The molecule has 176 valence electrons. The lowest BCUT2D eigenvalue weighted by Gasteiger charge is -2.24. The second-order valence-corrected chi connectivity index (χ2v) is 8.09. The van der Waals surface area contributed by atoms with Crippen molar-refractivity contribution >= 4 is 17.6 Å². The summed E-state index contributed by atoms with van der Waals surface area (Å²) in [5.74, 6) is -0.252. The van der Waals surface area contributed by atoms with E-state index >= 15 is 0 Å². The molecule has 31 heavy (non-hydrogen) atoms. The summed E-state index contributed by atoms with van der Waals surface area (Å²) in [6, 6.07) is 9.97. The molecule has 0 fully saturated rings. The van der Waals surface area contributed by atoms with E-state index in [1.807, 2.05) is 30.3 Å². The van der Waals surface area contributed by atoms with E-state index in [9.17, 15) is 9.59 Å². The van der Waals surface area contributed by atoms with Gasteiger partial charge in [0.2, 0.25) is 0 Å². The Labute approximate surface area is 189 Å². The maximum Gasteiger partial charge on any atom is 0.305 e. The van der Waals surface area contributed by atoms with E-state index in [1.165, 1.54) is 38.5 Å². The fourth-order valence-corrected chi connectivity index (χ4v) is 3.44. The number of carbonyl (C=O) groups excluding carboxylic acids is 2. The SMILES string of the molecule is CCCCCCCC(=O)OCCN(CCOC(=O)CCCCCCC)c1ccccc1. The van der Waals surface area contributed by atoms with Gasteiger partial charge in [0.25, 0.3) is 0 Å². The average molecular weight is 434 g/mol. The Balaban J connectivity index is 2.30. The van der Waals surface area contributed by atoms with Gasteiger partial charge in [0, 0.05) is 18.5 Å². The van der Waals surface area contributed by atoms with Crippen LogP contribution in [0.25, 0.3) is 0 Å². The smallest absolute Gasteiger partial charge is 0.305 e. The zero-order valence-electron chi connectivity index (χ0n) is 19.8. The number of carbonyl (C=O) groups is 2. The first-order chi connectivity index (χ1) is 15.2. The number of hydrogen-bond acceptors (Lipinski definition) is 5. The third-order valence-corrected chi connectivity index (χ3v) is 5.34. The second kappa shape index (κ2) is 18.7. The lowest BCUT2D eigenvalue weighted by molar-refractivity contribution is -0.143. The van der Waals surface area contributed by atoms with Crippen molar-refractivity contribution in [1.82, 2.24) is 0 Å². The molecule has 0 saturated carbocycles. The molecule has 0 heterocycles. The topological polar surface area (TPSA) is 55.8 Å². The van der Waals surface area contributed by atoms with Gasteiger partial charge in [-0.25, -0.2) is 0 Å². The number of hydrogen-bond donors (Lipinski definition) is 0. The molecule has 1 rings (SSSR count). The number of esters is 2. The van der Waals surface area contributed by atoms with Crippen LogP contribution in [0.4, 0.5) is 5.69 Å². The highest BCUT2D eigenvalue weighted by atomic mass is 16.5. The molecule has 0 spiro atoms. The average Bonchev–Trinajstić information content (AvgIpc) is 2.78. The molecule has 0 aliphatic rings. The van der Waals surface area contributed by atoms with Gasteiger partial charge in [-0.15, -0.1) is 0 Å². The number of nitrogens with zero attached hydrogens (tertiary/aromatic N) is 1. The first kappa shape index (κ1) is 27.0. The van der Waals surface area contributed by atoms with Crippen LogP contribution in [-0.2, 0) is 19.1 Å². The Bertz CT molecular complexity index is 544. The zero-order chi connectivity index (χ0) is 22.6. The van der Waals surface area contributed by atoms with Crippen molar-refractivity contribution in [1.29, 1.82) is 0 Å². The van der Waals surface area contributed by atoms with Crippen LogP contribution in [-0.4, -0.2) is 38.2 Å². The van der Waals surface area contributed by atoms with Crippen molar-refractivity contribution < 1.29 is 19.1 Å². The van der Waals surface area contributed by atoms with E-state index in [0.29, 0.717) is 39.1 Å².